The Labute approximate surface area is 99.6 Å². The molecule has 1 aromatic heterocycles. The van der Waals surface area contributed by atoms with E-state index in [1.165, 1.54) is 0 Å². The Morgan fingerprint density at radius 3 is 2.82 bits per heavy atom. The van der Waals surface area contributed by atoms with Gasteiger partial charge in [-0.05, 0) is 13.8 Å². The first-order chi connectivity index (χ1) is 8.01. The SMILES string of the molecule is CC(C)n1cc(OC2(CC(=O)O)CNC2)cn1. The highest BCUT2D eigenvalue weighted by Gasteiger charge is 2.41. The first kappa shape index (κ1) is 11.9. The van der Waals surface area contributed by atoms with Crippen molar-refractivity contribution < 1.29 is 14.6 Å². The highest BCUT2D eigenvalue weighted by atomic mass is 16.5. The molecular weight excluding hydrogens is 222 g/mol. The van der Waals surface area contributed by atoms with E-state index in [0.717, 1.165) is 0 Å². The first-order valence-electron chi connectivity index (χ1n) is 5.66. The van der Waals surface area contributed by atoms with Crippen LogP contribution < -0.4 is 10.1 Å². The van der Waals surface area contributed by atoms with Crippen molar-refractivity contribution in [3.63, 3.8) is 0 Å². The van der Waals surface area contributed by atoms with Crippen LogP contribution in [-0.4, -0.2) is 39.5 Å². The normalized spacial score (nSPS) is 17.8. The van der Waals surface area contributed by atoms with E-state index in [1.807, 2.05) is 13.8 Å². The molecule has 1 aliphatic heterocycles. The van der Waals surface area contributed by atoms with E-state index in [0.29, 0.717) is 18.8 Å². The molecule has 0 aliphatic carbocycles. The molecule has 0 aromatic carbocycles. The van der Waals surface area contributed by atoms with E-state index in [4.69, 9.17) is 9.84 Å². The Hall–Kier alpha value is -1.56. The lowest BCUT2D eigenvalue weighted by Crippen LogP contribution is -2.63. The monoisotopic (exact) mass is 239 g/mol. The lowest BCUT2D eigenvalue weighted by Gasteiger charge is -2.41. The fraction of sp³-hybridized carbons (Fsp3) is 0.636. The summed E-state index contributed by atoms with van der Waals surface area (Å²) < 4.78 is 7.54. The summed E-state index contributed by atoms with van der Waals surface area (Å²) in [5.41, 5.74) is -0.614. The third-order valence-electron chi connectivity index (χ3n) is 2.81. The highest BCUT2D eigenvalue weighted by Crippen LogP contribution is 2.25. The zero-order valence-corrected chi connectivity index (χ0v) is 10.0. The van der Waals surface area contributed by atoms with E-state index < -0.39 is 11.6 Å². The Morgan fingerprint density at radius 1 is 1.71 bits per heavy atom. The molecule has 6 heteroatoms. The maximum absolute atomic E-state index is 10.8. The summed E-state index contributed by atoms with van der Waals surface area (Å²) in [6.45, 7) is 5.17. The van der Waals surface area contributed by atoms with Crippen LogP contribution in [0.5, 0.6) is 5.75 Å². The van der Waals surface area contributed by atoms with Gasteiger partial charge >= 0.3 is 5.97 Å². The largest absolute Gasteiger partial charge is 0.481 e. The molecule has 0 radical (unpaired) electrons. The lowest BCUT2D eigenvalue weighted by atomic mass is 9.93. The maximum atomic E-state index is 10.8. The van der Waals surface area contributed by atoms with Crippen LogP contribution in [-0.2, 0) is 4.79 Å². The third-order valence-corrected chi connectivity index (χ3v) is 2.81. The van der Waals surface area contributed by atoms with Crippen LogP contribution in [0, 0.1) is 0 Å². The van der Waals surface area contributed by atoms with E-state index >= 15 is 0 Å². The number of rotatable bonds is 5. The Bertz CT molecular complexity index is 410. The molecule has 17 heavy (non-hydrogen) atoms. The van der Waals surface area contributed by atoms with E-state index in [-0.39, 0.29) is 12.5 Å². The standard InChI is InChI=1S/C11H17N3O3/c1-8(2)14-5-9(4-13-14)17-11(3-10(15)16)6-12-7-11/h4-5,8,12H,3,6-7H2,1-2H3,(H,15,16). The molecule has 0 amide bonds. The van der Waals surface area contributed by atoms with Crippen molar-refractivity contribution in [2.75, 3.05) is 13.1 Å². The fourth-order valence-electron chi connectivity index (χ4n) is 1.82. The molecule has 0 unspecified atom stereocenters. The summed E-state index contributed by atoms with van der Waals surface area (Å²) in [5.74, 6) is -0.218. The average molecular weight is 239 g/mol. The van der Waals surface area contributed by atoms with Crippen molar-refractivity contribution in [2.45, 2.75) is 31.9 Å². The van der Waals surface area contributed by atoms with Gasteiger partial charge in [0.2, 0.25) is 0 Å². The molecular formula is C11H17N3O3. The number of hydrogen-bond acceptors (Lipinski definition) is 4. The van der Waals surface area contributed by atoms with Crippen LogP contribution in [0.1, 0.15) is 26.3 Å². The molecule has 94 valence electrons. The molecule has 0 atom stereocenters. The van der Waals surface area contributed by atoms with E-state index in [1.54, 1.807) is 17.1 Å². The van der Waals surface area contributed by atoms with Crippen molar-refractivity contribution in [3.05, 3.63) is 12.4 Å². The zero-order valence-electron chi connectivity index (χ0n) is 10.0. The van der Waals surface area contributed by atoms with Gasteiger partial charge in [0.1, 0.15) is 5.60 Å². The topological polar surface area (TPSA) is 76.4 Å². The van der Waals surface area contributed by atoms with E-state index in [2.05, 4.69) is 10.4 Å². The van der Waals surface area contributed by atoms with Gasteiger partial charge in [-0.25, -0.2) is 0 Å². The second-order valence-corrected chi connectivity index (χ2v) is 4.71. The summed E-state index contributed by atoms with van der Waals surface area (Å²) in [6.07, 6.45) is 3.43. The van der Waals surface area contributed by atoms with Crippen LogP contribution in [0.25, 0.3) is 0 Å². The molecule has 1 aliphatic rings. The third kappa shape index (κ3) is 2.58. The average Bonchev–Trinajstić information content (AvgIpc) is 2.62. The lowest BCUT2D eigenvalue weighted by molar-refractivity contribution is -0.143. The quantitative estimate of drug-likeness (QED) is 0.789. The number of carboxylic acids is 1. The van der Waals surface area contributed by atoms with Crippen LogP contribution in [0.15, 0.2) is 12.4 Å². The van der Waals surface area contributed by atoms with Crippen molar-refractivity contribution in [3.8, 4) is 5.75 Å². The number of carbonyl (C=O) groups is 1. The van der Waals surface area contributed by atoms with Crippen molar-refractivity contribution in [2.24, 2.45) is 0 Å². The van der Waals surface area contributed by atoms with Crippen molar-refractivity contribution in [1.82, 2.24) is 15.1 Å². The minimum absolute atomic E-state index is 0.00680. The predicted molar refractivity (Wildman–Crippen MR) is 61.1 cm³/mol. The smallest absolute Gasteiger partial charge is 0.307 e. The second kappa shape index (κ2) is 4.37. The molecule has 2 heterocycles. The number of hydrogen-bond donors (Lipinski definition) is 2. The van der Waals surface area contributed by atoms with Gasteiger partial charge in [0.25, 0.3) is 0 Å². The number of carboxylic acid groups (broad SMARTS) is 1. The Kier molecular flexibility index (Phi) is 3.06. The van der Waals surface area contributed by atoms with Crippen molar-refractivity contribution in [1.29, 1.82) is 0 Å². The summed E-state index contributed by atoms with van der Waals surface area (Å²) in [7, 11) is 0. The van der Waals surface area contributed by atoms with Gasteiger partial charge in [0.15, 0.2) is 5.75 Å². The summed E-state index contributed by atoms with van der Waals surface area (Å²) in [4.78, 5) is 10.8. The molecule has 6 nitrogen and oxygen atoms in total. The van der Waals surface area contributed by atoms with Crippen LogP contribution >= 0.6 is 0 Å². The number of nitrogens with one attached hydrogen (secondary N) is 1. The Morgan fingerprint density at radius 2 is 2.41 bits per heavy atom. The van der Waals surface area contributed by atoms with Gasteiger partial charge in [0.05, 0.1) is 18.8 Å². The van der Waals surface area contributed by atoms with Crippen LogP contribution in [0.2, 0.25) is 0 Å². The van der Waals surface area contributed by atoms with Gasteiger partial charge in [-0.15, -0.1) is 0 Å². The molecule has 1 aromatic rings. The van der Waals surface area contributed by atoms with Gasteiger partial charge in [-0.2, -0.15) is 5.10 Å². The number of aromatic nitrogens is 2. The predicted octanol–water partition coefficient (Wildman–Crippen LogP) is 0.659. The van der Waals surface area contributed by atoms with Crippen LogP contribution in [0.4, 0.5) is 0 Å². The summed E-state index contributed by atoms with van der Waals surface area (Å²) in [6, 6.07) is 0.266. The molecule has 1 fully saturated rings. The van der Waals surface area contributed by atoms with Gasteiger partial charge in [-0.1, -0.05) is 0 Å². The molecule has 0 saturated carbocycles. The molecule has 1 saturated heterocycles. The van der Waals surface area contributed by atoms with Gasteiger partial charge < -0.3 is 15.2 Å². The number of aliphatic carboxylic acids is 1. The van der Waals surface area contributed by atoms with Crippen molar-refractivity contribution >= 4 is 5.97 Å². The summed E-state index contributed by atoms with van der Waals surface area (Å²) in [5, 5.41) is 16.1. The minimum Gasteiger partial charge on any atom is -0.481 e. The van der Waals surface area contributed by atoms with E-state index in [9.17, 15) is 4.79 Å². The van der Waals surface area contributed by atoms with Crippen LogP contribution in [0.3, 0.4) is 0 Å². The zero-order chi connectivity index (χ0) is 12.5. The maximum Gasteiger partial charge on any atom is 0.307 e. The molecule has 2 N–H and O–H groups in total. The first-order valence-corrected chi connectivity index (χ1v) is 5.66. The molecule has 0 bridgehead atoms. The van der Waals surface area contributed by atoms with Gasteiger partial charge in [-0.3, -0.25) is 9.48 Å². The highest BCUT2D eigenvalue weighted by molar-refractivity contribution is 5.68. The molecule has 2 rings (SSSR count). The summed E-state index contributed by atoms with van der Waals surface area (Å²) >= 11 is 0. The Balaban J connectivity index is 2.05. The molecule has 0 spiro atoms. The second-order valence-electron chi connectivity index (χ2n) is 4.71. The van der Waals surface area contributed by atoms with Gasteiger partial charge in [0, 0.05) is 19.1 Å². The minimum atomic E-state index is -0.845. The number of ether oxygens (including phenoxy) is 1. The fourth-order valence-corrected chi connectivity index (χ4v) is 1.82. The number of nitrogens with zero attached hydrogens (tertiary/aromatic N) is 2.